The molecule has 0 unspecified atom stereocenters. The summed E-state index contributed by atoms with van der Waals surface area (Å²) in [7, 11) is 1.61. The molecule has 0 aliphatic rings. The standard InChI is InChI=1S/C25H27N3O4S/c1-5-31-19-9-7-18(8-10-19)23-26-25-28(27-23)24(29)22(33-25)15-17-6-11-20(21(14-17)30-4)32-13-12-16(2)3/h6-11,14-16H,5,12-13H2,1-4H3. The van der Waals surface area contributed by atoms with Gasteiger partial charge < -0.3 is 14.2 Å². The Hall–Kier alpha value is -3.39. The molecular formula is C25H27N3O4S. The van der Waals surface area contributed by atoms with Crippen LogP contribution in [0.4, 0.5) is 0 Å². The third-order valence-corrected chi connectivity index (χ3v) is 6.00. The lowest BCUT2D eigenvalue weighted by atomic mass is 10.1. The maximum Gasteiger partial charge on any atom is 0.291 e. The Morgan fingerprint density at radius 3 is 2.55 bits per heavy atom. The molecule has 0 saturated heterocycles. The first-order chi connectivity index (χ1) is 16.0. The van der Waals surface area contributed by atoms with Crippen molar-refractivity contribution in [3.63, 3.8) is 0 Å². The van der Waals surface area contributed by atoms with Crippen molar-refractivity contribution >= 4 is 22.4 Å². The third-order valence-electron chi connectivity index (χ3n) is 5.04. The van der Waals surface area contributed by atoms with Crippen LogP contribution in [-0.2, 0) is 0 Å². The summed E-state index contributed by atoms with van der Waals surface area (Å²) in [6.45, 7) is 7.50. The van der Waals surface area contributed by atoms with E-state index in [0.29, 0.717) is 45.9 Å². The highest BCUT2D eigenvalue weighted by Crippen LogP contribution is 2.29. The third kappa shape index (κ3) is 5.17. The molecule has 0 N–H and O–H groups in total. The van der Waals surface area contributed by atoms with Gasteiger partial charge in [-0.15, -0.1) is 5.10 Å². The monoisotopic (exact) mass is 465 g/mol. The summed E-state index contributed by atoms with van der Waals surface area (Å²) in [5.74, 6) is 3.20. The van der Waals surface area contributed by atoms with E-state index in [1.165, 1.54) is 15.9 Å². The maximum atomic E-state index is 12.9. The van der Waals surface area contributed by atoms with Crippen molar-refractivity contribution in [3.05, 3.63) is 62.9 Å². The van der Waals surface area contributed by atoms with E-state index in [0.717, 1.165) is 23.3 Å². The predicted molar refractivity (Wildman–Crippen MR) is 130 cm³/mol. The molecule has 2 heterocycles. The lowest BCUT2D eigenvalue weighted by Gasteiger charge is -2.12. The molecular weight excluding hydrogens is 438 g/mol. The van der Waals surface area contributed by atoms with Crippen LogP contribution in [0.3, 0.4) is 0 Å². The molecule has 0 spiro atoms. The molecule has 2 aromatic heterocycles. The van der Waals surface area contributed by atoms with Crippen LogP contribution in [0, 0.1) is 5.92 Å². The quantitative estimate of drug-likeness (QED) is 0.369. The van der Waals surface area contributed by atoms with Gasteiger partial charge in [0.1, 0.15) is 5.75 Å². The van der Waals surface area contributed by atoms with E-state index in [1.807, 2.05) is 55.5 Å². The number of rotatable bonds is 9. The van der Waals surface area contributed by atoms with E-state index in [1.54, 1.807) is 7.11 Å². The largest absolute Gasteiger partial charge is 0.494 e. The second-order valence-electron chi connectivity index (χ2n) is 7.94. The van der Waals surface area contributed by atoms with Crippen LogP contribution in [0.2, 0.25) is 0 Å². The number of hydrogen-bond acceptors (Lipinski definition) is 7. The van der Waals surface area contributed by atoms with Crippen LogP contribution in [0.15, 0.2) is 47.3 Å². The first-order valence-electron chi connectivity index (χ1n) is 10.9. The number of nitrogens with zero attached hydrogens (tertiary/aromatic N) is 3. The van der Waals surface area contributed by atoms with Crippen molar-refractivity contribution in [2.45, 2.75) is 27.2 Å². The van der Waals surface area contributed by atoms with Crippen LogP contribution >= 0.6 is 11.3 Å². The minimum atomic E-state index is -0.198. The van der Waals surface area contributed by atoms with Crippen LogP contribution in [0.5, 0.6) is 17.2 Å². The van der Waals surface area contributed by atoms with Gasteiger partial charge in [0.2, 0.25) is 4.96 Å². The summed E-state index contributed by atoms with van der Waals surface area (Å²) >= 11 is 1.30. The highest BCUT2D eigenvalue weighted by Gasteiger charge is 2.13. The van der Waals surface area contributed by atoms with Gasteiger partial charge in [0.15, 0.2) is 17.3 Å². The Labute approximate surface area is 196 Å². The maximum absolute atomic E-state index is 12.9. The summed E-state index contributed by atoms with van der Waals surface area (Å²) in [6.07, 6.45) is 2.79. The zero-order valence-electron chi connectivity index (χ0n) is 19.2. The zero-order valence-corrected chi connectivity index (χ0v) is 20.0. The molecule has 33 heavy (non-hydrogen) atoms. The molecule has 4 aromatic rings. The molecule has 4 rings (SSSR count). The van der Waals surface area contributed by atoms with Gasteiger partial charge in [0, 0.05) is 5.56 Å². The summed E-state index contributed by atoms with van der Waals surface area (Å²) in [5, 5.41) is 4.41. The number of ether oxygens (including phenoxy) is 3. The van der Waals surface area contributed by atoms with E-state index < -0.39 is 0 Å². The molecule has 172 valence electrons. The van der Waals surface area contributed by atoms with Crippen molar-refractivity contribution in [3.8, 4) is 28.6 Å². The summed E-state index contributed by atoms with van der Waals surface area (Å²) in [5.41, 5.74) is 1.48. The fourth-order valence-electron chi connectivity index (χ4n) is 3.27. The first kappa shape index (κ1) is 22.8. The smallest absolute Gasteiger partial charge is 0.291 e. The zero-order chi connectivity index (χ0) is 23.4. The molecule has 0 atom stereocenters. The molecule has 0 amide bonds. The van der Waals surface area contributed by atoms with E-state index >= 15 is 0 Å². The van der Waals surface area contributed by atoms with Crippen molar-refractivity contribution in [2.24, 2.45) is 5.92 Å². The van der Waals surface area contributed by atoms with Gasteiger partial charge in [-0.1, -0.05) is 31.3 Å². The normalized spacial score (nSPS) is 12.0. The minimum Gasteiger partial charge on any atom is -0.494 e. The summed E-state index contributed by atoms with van der Waals surface area (Å²) < 4.78 is 18.7. The van der Waals surface area contributed by atoms with Crippen molar-refractivity contribution in [1.82, 2.24) is 14.6 Å². The van der Waals surface area contributed by atoms with Crippen molar-refractivity contribution < 1.29 is 14.2 Å². The molecule has 0 radical (unpaired) electrons. The number of benzene rings is 2. The summed E-state index contributed by atoms with van der Waals surface area (Å²) in [6, 6.07) is 13.2. The highest BCUT2D eigenvalue weighted by molar-refractivity contribution is 7.15. The lowest BCUT2D eigenvalue weighted by molar-refractivity contribution is 0.273. The second-order valence-corrected chi connectivity index (χ2v) is 8.95. The lowest BCUT2D eigenvalue weighted by Crippen LogP contribution is -2.23. The molecule has 7 nitrogen and oxygen atoms in total. The van der Waals surface area contributed by atoms with Crippen LogP contribution in [0.25, 0.3) is 22.4 Å². The van der Waals surface area contributed by atoms with Gasteiger partial charge >= 0.3 is 0 Å². The van der Waals surface area contributed by atoms with Gasteiger partial charge in [0.25, 0.3) is 5.56 Å². The average Bonchev–Trinajstić information content (AvgIpc) is 3.34. The Morgan fingerprint density at radius 1 is 1.09 bits per heavy atom. The molecule has 0 aliphatic carbocycles. The van der Waals surface area contributed by atoms with E-state index in [2.05, 4.69) is 23.9 Å². The number of hydrogen-bond donors (Lipinski definition) is 0. The fraction of sp³-hybridized carbons (Fsp3) is 0.320. The van der Waals surface area contributed by atoms with Gasteiger partial charge in [-0.05, 0) is 67.3 Å². The predicted octanol–water partition coefficient (Wildman–Crippen LogP) is 4.20. The first-order valence-corrected chi connectivity index (χ1v) is 11.8. The Bertz CT molecular complexity index is 1340. The number of thiazole rings is 1. The van der Waals surface area contributed by atoms with Crippen LogP contribution < -0.4 is 24.3 Å². The van der Waals surface area contributed by atoms with Crippen molar-refractivity contribution in [1.29, 1.82) is 0 Å². The number of fused-ring (bicyclic) bond motifs is 1. The molecule has 0 fully saturated rings. The number of aromatic nitrogens is 3. The van der Waals surface area contributed by atoms with Crippen LogP contribution in [0.1, 0.15) is 32.8 Å². The second kappa shape index (κ2) is 10.0. The van der Waals surface area contributed by atoms with E-state index in [9.17, 15) is 4.79 Å². The SMILES string of the molecule is CCOc1ccc(-c2nc3sc(=Cc4ccc(OCCC(C)C)c(OC)c4)c(=O)n3n2)cc1. The van der Waals surface area contributed by atoms with Crippen LogP contribution in [-0.4, -0.2) is 34.9 Å². The van der Waals surface area contributed by atoms with E-state index in [4.69, 9.17) is 14.2 Å². The molecule has 8 heteroatoms. The van der Waals surface area contributed by atoms with Crippen molar-refractivity contribution in [2.75, 3.05) is 20.3 Å². The molecule has 0 saturated carbocycles. The van der Waals surface area contributed by atoms with Gasteiger partial charge in [-0.2, -0.15) is 9.50 Å². The average molecular weight is 466 g/mol. The molecule has 0 bridgehead atoms. The Kier molecular flexibility index (Phi) is 6.93. The summed E-state index contributed by atoms with van der Waals surface area (Å²) in [4.78, 5) is 18.0. The van der Waals surface area contributed by atoms with Gasteiger partial charge in [0.05, 0.1) is 24.9 Å². The minimum absolute atomic E-state index is 0.198. The van der Waals surface area contributed by atoms with E-state index in [-0.39, 0.29) is 5.56 Å². The van der Waals surface area contributed by atoms with Gasteiger partial charge in [-0.3, -0.25) is 4.79 Å². The highest BCUT2D eigenvalue weighted by atomic mass is 32.1. The fourth-order valence-corrected chi connectivity index (χ4v) is 4.18. The topological polar surface area (TPSA) is 75.0 Å². The van der Waals surface area contributed by atoms with Gasteiger partial charge in [-0.25, -0.2) is 0 Å². The molecule has 0 aliphatic heterocycles. The molecule has 2 aromatic carbocycles. The number of methoxy groups -OCH3 is 1. The Morgan fingerprint density at radius 2 is 1.88 bits per heavy atom. The Balaban J connectivity index is 1.59.